The van der Waals surface area contributed by atoms with Crippen molar-refractivity contribution in [3.8, 4) is 5.75 Å². The highest BCUT2D eigenvalue weighted by atomic mass is 32.1. The smallest absolute Gasteiger partial charge is 0.333 e. The Kier molecular flexibility index (Phi) is 5.38. The van der Waals surface area contributed by atoms with Crippen molar-refractivity contribution >= 4 is 23.2 Å². The van der Waals surface area contributed by atoms with E-state index < -0.39 is 6.04 Å². The predicted octanol–water partition coefficient (Wildman–Crippen LogP) is 2.99. The maximum atomic E-state index is 12.8. The van der Waals surface area contributed by atoms with E-state index in [-0.39, 0.29) is 18.3 Å². The third-order valence-electron chi connectivity index (χ3n) is 4.30. The maximum absolute atomic E-state index is 12.8. The normalized spacial score (nSPS) is 16.2. The SMILES string of the molecule is CCOc1ccc(CC(=O)N2CCc3sccc3C2C(=O)OC)cc1. The largest absolute Gasteiger partial charge is 0.494 e. The van der Waals surface area contributed by atoms with Crippen molar-refractivity contribution in [3.63, 3.8) is 0 Å². The summed E-state index contributed by atoms with van der Waals surface area (Å²) in [5.74, 6) is 0.322. The van der Waals surface area contributed by atoms with E-state index in [1.165, 1.54) is 7.11 Å². The van der Waals surface area contributed by atoms with Crippen LogP contribution in [0.25, 0.3) is 0 Å². The molecular formula is C19H21NO4S. The Morgan fingerprint density at radius 2 is 2.00 bits per heavy atom. The molecule has 1 amide bonds. The van der Waals surface area contributed by atoms with Gasteiger partial charge in [0.1, 0.15) is 5.75 Å². The van der Waals surface area contributed by atoms with Gasteiger partial charge in [0.05, 0.1) is 20.1 Å². The van der Waals surface area contributed by atoms with Crippen molar-refractivity contribution in [2.45, 2.75) is 25.8 Å². The Morgan fingerprint density at radius 1 is 1.24 bits per heavy atom. The quantitative estimate of drug-likeness (QED) is 0.770. The summed E-state index contributed by atoms with van der Waals surface area (Å²) in [6.07, 6.45) is 1.02. The van der Waals surface area contributed by atoms with Gasteiger partial charge in [-0.25, -0.2) is 4.79 Å². The highest BCUT2D eigenvalue weighted by Crippen LogP contribution is 2.34. The lowest BCUT2D eigenvalue weighted by molar-refractivity contribution is -0.153. The third-order valence-corrected chi connectivity index (χ3v) is 5.30. The van der Waals surface area contributed by atoms with Gasteiger partial charge in [-0.05, 0) is 48.1 Å². The molecule has 0 N–H and O–H groups in total. The fourth-order valence-corrected chi connectivity index (χ4v) is 4.00. The molecule has 0 radical (unpaired) electrons. The van der Waals surface area contributed by atoms with Crippen LogP contribution in [0.3, 0.4) is 0 Å². The van der Waals surface area contributed by atoms with E-state index in [2.05, 4.69) is 0 Å². The molecule has 1 aliphatic rings. The molecule has 0 spiro atoms. The molecule has 2 aromatic rings. The summed E-state index contributed by atoms with van der Waals surface area (Å²) >= 11 is 1.62. The number of thiophene rings is 1. The average molecular weight is 359 g/mol. The summed E-state index contributed by atoms with van der Waals surface area (Å²) in [5.41, 5.74) is 1.79. The molecule has 1 aromatic heterocycles. The van der Waals surface area contributed by atoms with Gasteiger partial charge in [0.25, 0.3) is 0 Å². The van der Waals surface area contributed by atoms with E-state index in [1.54, 1.807) is 16.2 Å². The van der Waals surface area contributed by atoms with Gasteiger partial charge in [-0.15, -0.1) is 11.3 Å². The lowest BCUT2D eigenvalue weighted by Crippen LogP contribution is -2.44. The van der Waals surface area contributed by atoms with E-state index in [0.717, 1.165) is 28.2 Å². The van der Waals surface area contributed by atoms with Crippen LogP contribution in [0.4, 0.5) is 0 Å². The van der Waals surface area contributed by atoms with Crippen LogP contribution in [0.1, 0.15) is 29.0 Å². The zero-order valence-electron chi connectivity index (χ0n) is 14.4. The van der Waals surface area contributed by atoms with Crippen molar-refractivity contribution in [2.24, 2.45) is 0 Å². The molecule has 25 heavy (non-hydrogen) atoms. The van der Waals surface area contributed by atoms with Gasteiger partial charge in [-0.1, -0.05) is 12.1 Å². The Balaban J connectivity index is 1.77. The number of benzene rings is 1. The lowest BCUT2D eigenvalue weighted by Gasteiger charge is -2.34. The first-order valence-electron chi connectivity index (χ1n) is 8.29. The minimum atomic E-state index is -0.643. The Morgan fingerprint density at radius 3 is 2.68 bits per heavy atom. The highest BCUT2D eigenvalue weighted by molar-refractivity contribution is 7.10. The van der Waals surface area contributed by atoms with Crippen LogP contribution in [0.5, 0.6) is 5.75 Å². The number of fused-ring (bicyclic) bond motifs is 1. The number of ether oxygens (including phenoxy) is 2. The predicted molar refractivity (Wildman–Crippen MR) is 95.8 cm³/mol. The van der Waals surface area contributed by atoms with Gasteiger partial charge >= 0.3 is 5.97 Å². The second-order valence-electron chi connectivity index (χ2n) is 5.82. The summed E-state index contributed by atoms with van der Waals surface area (Å²) in [6, 6.07) is 8.76. The molecule has 3 rings (SSSR count). The van der Waals surface area contributed by atoms with Crippen molar-refractivity contribution in [2.75, 3.05) is 20.3 Å². The minimum absolute atomic E-state index is 0.0728. The Hall–Kier alpha value is -2.34. The van der Waals surface area contributed by atoms with Gasteiger partial charge in [0.2, 0.25) is 5.91 Å². The summed E-state index contributed by atoms with van der Waals surface area (Å²) in [5, 5.41) is 1.96. The van der Waals surface area contributed by atoms with Gasteiger partial charge in [0, 0.05) is 11.4 Å². The number of nitrogens with zero attached hydrogens (tertiary/aromatic N) is 1. The van der Waals surface area contributed by atoms with Crippen LogP contribution in [0.2, 0.25) is 0 Å². The van der Waals surface area contributed by atoms with Gasteiger partial charge in [0.15, 0.2) is 6.04 Å². The Bertz CT molecular complexity index is 753. The first kappa shape index (κ1) is 17.5. The molecule has 2 heterocycles. The number of carbonyl (C=O) groups excluding carboxylic acids is 2. The number of rotatable bonds is 5. The number of esters is 1. The number of hydrogen-bond donors (Lipinski definition) is 0. The standard InChI is InChI=1S/C19H21NO4S/c1-3-24-14-6-4-13(5-7-14)12-17(21)20-10-8-16-15(9-11-25-16)18(20)19(22)23-2/h4-7,9,11,18H,3,8,10,12H2,1-2H3. The fraction of sp³-hybridized carbons (Fsp3) is 0.368. The van der Waals surface area contributed by atoms with Crippen LogP contribution in [0, 0.1) is 0 Å². The van der Waals surface area contributed by atoms with Gasteiger partial charge in [-0.2, -0.15) is 0 Å². The van der Waals surface area contributed by atoms with E-state index in [4.69, 9.17) is 9.47 Å². The van der Waals surface area contributed by atoms with E-state index in [9.17, 15) is 9.59 Å². The topological polar surface area (TPSA) is 55.8 Å². The lowest BCUT2D eigenvalue weighted by atomic mass is 9.99. The van der Waals surface area contributed by atoms with Crippen LogP contribution >= 0.6 is 11.3 Å². The molecule has 0 saturated carbocycles. The Labute approximate surface area is 151 Å². The monoisotopic (exact) mass is 359 g/mol. The average Bonchev–Trinajstić information content (AvgIpc) is 3.10. The minimum Gasteiger partial charge on any atom is -0.494 e. The summed E-state index contributed by atoms with van der Waals surface area (Å²) < 4.78 is 10.4. The molecule has 0 saturated heterocycles. The maximum Gasteiger partial charge on any atom is 0.333 e. The zero-order chi connectivity index (χ0) is 17.8. The van der Waals surface area contributed by atoms with E-state index in [0.29, 0.717) is 13.2 Å². The van der Waals surface area contributed by atoms with Crippen molar-refractivity contribution in [1.29, 1.82) is 0 Å². The number of hydrogen-bond acceptors (Lipinski definition) is 5. The summed E-state index contributed by atoms with van der Waals surface area (Å²) in [6.45, 7) is 3.07. The summed E-state index contributed by atoms with van der Waals surface area (Å²) in [4.78, 5) is 27.9. The van der Waals surface area contributed by atoms with Gasteiger partial charge in [-0.3, -0.25) is 4.79 Å². The second-order valence-corrected chi connectivity index (χ2v) is 6.82. The van der Waals surface area contributed by atoms with Crippen molar-refractivity contribution in [1.82, 2.24) is 4.90 Å². The molecule has 132 valence electrons. The molecule has 6 heteroatoms. The fourth-order valence-electron chi connectivity index (χ4n) is 3.10. The van der Waals surface area contributed by atoms with Crippen LogP contribution in [-0.4, -0.2) is 37.0 Å². The molecule has 1 atom stereocenters. The van der Waals surface area contributed by atoms with Crippen LogP contribution in [0.15, 0.2) is 35.7 Å². The molecular weight excluding hydrogens is 338 g/mol. The first-order chi connectivity index (χ1) is 12.1. The van der Waals surface area contributed by atoms with Crippen LogP contribution in [-0.2, 0) is 27.2 Å². The molecule has 0 aliphatic carbocycles. The third kappa shape index (κ3) is 3.69. The van der Waals surface area contributed by atoms with Crippen molar-refractivity contribution in [3.05, 3.63) is 51.7 Å². The number of amides is 1. The van der Waals surface area contributed by atoms with Crippen molar-refractivity contribution < 1.29 is 19.1 Å². The highest BCUT2D eigenvalue weighted by Gasteiger charge is 2.37. The van der Waals surface area contributed by atoms with Gasteiger partial charge < -0.3 is 14.4 Å². The van der Waals surface area contributed by atoms with E-state index >= 15 is 0 Å². The molecule has 1 unspecified atom stereocenters. The molecule has 0 fully saturated rings. The summed E-state index contributed by atoms with van der Waals surface area (Å²) in [7, 11) is 1.36. The molecule has 5 nitrogen and oxygen atoms in total. The number of methoxy groups -OCH3 is 1. The number of carbonyl (C=O) groups is 2. The second kappa shape index (κ2) is 7.70. The zero-order valence-corrected chi connectivity index (χ0v) is 15.2. The van der Waals surface area contributed by atoms with E-state index in [1.807, 2.05) is 42.6 Å². The molecule has 0 bridgehead atoms. The first-order valence-corrected chi connectivity index (χ1v) is 9.17. The molecule has 1 aliphatic heterocycles. The van der Waals surface area contributed by atoms with Crippen LogP contribution < -0.4 is 4.74 Å². The molecule has 1 aromatic carbocycles.